The molecule has 9 nitrogen and oxygen atoms in total. The molecule has 0 heterocycles. The van der Waals surface area contributed by atoms with Crippen LogP contribution in [0, 0.1) is 71.0 Å². The van der Waals surface area contributed by atoms with E-state index in [1.807, 2.05) is 0 Å². The summed E-state index contributed by atoms with van der Waals surface area (Å²) >= 11 is 0. The van der Waals surface area contributed by atoms with E-state index in [1.165, 1.54) is 0 Å². The Hall–Kier alpha value is 0.612. The minimum absolute atomic E-state index is 0. The van der Waals surface area contributed by atoms with Gasteiger partial charge in [-0.2, -0.15) is 0 Å². The van der Waals surface area contributed by atoms with Gasteiger partial charge in [0.25, 0.3) is 0 Å². The molecule has 0 aromatic rings. The summed E-state index contributed by atoms with van der Waals surface area (Å²) in [5.74, 6) is 0. The summed E-state index contributed by atoms with van der Waals surface area (Å²) in [7, 11) is 0. The van der Waals surface area contributed by atoms with E-state index in [2.05, 4.69) is 0 Å². The first-order chi connectivity index (χ1) is 6.00. The predicted molar refractivity (Wildman–Crippen MR) is 40.6 cm³/mol. The summed E-state index contributed by atoms with van der Waals surface area (Å²) in [6, 6.07) is 0. The zero-order chi connectivity index (χ0) is 12.0. The van der Waals surface area contributed by atoms with Crippen LogP contribution in [0.15, 0.2) is 0 Å². The van der Waals surface area contributed by atoms with Crippen molar-refractivity contribution in [2.45, 2.75) is 0 Å². The molecule has 0 saturated heterocycles. The first-order valence-electron chi connectivity index (χ1n) is 1.34. The van der Waals surface area contributed by atoms with Crippen LogP contribution in [0.3, 0.4) is 0 Å². The van der Waals surface area contributed by atoms with Gasteiger partial charge in [-0.3, -0.25) is 0 Å². The third-order valence-corrected chi connectivity index (χ3v) is 0. The normalized spacial score (nSPS) is 0.667. The van der Waals surface area contributed by atoms with Gasteiger partial charge in [-0.15, -0.1) is 0 Å². The Bertz CT molecular complexity index is 112. The second-order valence-corrected chi connectivity index (χ2v) is 0. The quantitative estimate of drug-likeness (QED) is 0.305. The van der Waals surface area contributed by atoms with Gasteiger partial charge in [0.15, 0.2) is 0 Å². The van der Waals surface area contributed by atoms with Crippen LogP contribution in [0.4, 0.5) is 0 Å². The molecule has 0 bridgehead atoms. The fourth-order valence-electron chi connectivity index (χ4n) is 0. The average molecular weight is 344 g/mol. The van der Waals surface area contributed by atoms with Crippen molar-refractivity contribution in [1.29, 1.82) is 31.6 Å². The summed E-state index contributed by atoms with van der Waals surface area (Å²) in [4.78, 5) is 0. The van der Waals surface area contributed by atoms with Crippen LogP contribution in [-0.2, 0) is 17.1 Å². The van der Waals surface area contributed by atoms with E-state index < -0.39 is 0 Å². The third-order valence-electron chi connectivity index (χ3n) is 0. The summed E-state index contributed by atoms with van der Waals surface area (Å²) < 4.78 is 0. The molecule has 12 heteroatoms. The van der Waals surface area contributed by atoms with Crippen molar-refractivity contribution in [2.75, 3.05) is 0 Å². The number of nitrogens with zero attached hydrogens (tertiary/aromatic N) is 6. The molecule has 0 rings (SSSR count). The van der Waals surface area contributed by atoms with E-state index in [4.69, 9.17) is 71.0 Å². The van der Waals surface area contributed by atoms with E-state index in [0.29, 0.717) is 0 Å². The van der Waals surface area contributed by atoms with E-state index in [0.717, 1.165) is 0 Å². The Kier molecular flexibility index (Phi) is 95100. The molecule has 0 amide bonds. The smallest absolute Gasteiger partial charge is 0.512 e. The number of rotatable bonds is 0. The fourth-order valence-corrected chi connectivity index (χ4v) is 0. The predicted octanol–water partition coefficient (Wildman–Crippen LogP) is -7.89. The SMILES string of the molecule is O.O.O.[C-]#N.[C-]#N.[C-]#N.[C-]#N.[C-]#N.[C-]#N.[Fe+4].[K+].[K+]. The zero-order valence-electron chi connectivity index (χ0n) is 9.54. The van der Waals surface area contributed by atoms with Crippen LogP contribution in [-0.4, -0.2) is 16.4 Å². The molecule has 0 atom stereocenters. The second-order valence-electron chi connectivity index (χ2n) is 0. The molecule has 0 aromatic heterocycles. The van der Waals surface area contributed by atoms with Crippen molar-refractivity contribution in [3.05, 3.63) is 39.4 Å². The third kappa shape index (κ3) is 10800. The van der Waals surface area contributed by atoms with E-state index in [1.54, 1.807) is 0 Å². The standard InChI is InChI=1S/6CN.Fe.2K.3H2O/c6*1-2;;;;;;/h;;;;;;;;;3*1H2/q6*-1;+4;2*+1;;;. The Morgan fingerprint density at radius 1 is 0.333 bits per heavy atom. The molecule has 6 N–H and O–H groups in total. The second kappa shape index (κ2) is 13000. The summed E-state index contributed by atoms with van der Waals surface area (Å²) in [5.41, 5.74) is 0. The van der Waals surface area contributed by atoms with Crippen LogP contribution >= 0.6 is 0 Å². The maximum absolute atomic E-state index is 6.25. The van der Waals surface area contributed by atoms with Gasteiger partial charge >= 0.3 is 120 Å². The summed E-state index contributed by atoms with van der Waals surface area (Å²) in [6.07, 6.45) is 0. The first-order valence-corrected chi connectivity index (χ1v) is 1.34. The van der Waals surface area contributed by atoms with Gasteiger partial charge in [-0.1, -0.05) is 0 Å². The van der Waals surface area contributed by atoms with E-state index in [-0.39, 0.29) is 136 Å². The topological polar surface area (TPSA) is 237 Å². The molecule has 18 heavy (non-hydrogen) atoms. The molecule has 88 valence electrons. The Morgan fingerprint density at radius 3 is 0.333 bits per heavy atom. The molecular formula is C6H6FeK2N6O3. The Balaban J connectivity index is -0.00000000225. The summed E-state index contributed by atoms with van der Waals surface area (Å²) in [6.45, 7) is 28.5. The molecule has 0 radical (unpaired) electrons. The van der Waals surface area contributed by atoms with E-state index >= 15 is 0 Å². The Labute approximate surface area is 203 Å². The minimum atomic E-state index is 0. The molecule has 0 unspecified atom stereocenters. The first kappa shape index (κ1) is 132. The maximum atomic E-state index is 6.25. The number of hydrogen-bond donors (Lipinski definition) is 0. The summed E-state index contributed by atoms with van der Waals surface area (Å²) in [5, 5.41) is 37.5. The van der Waals surface area contributed by atoms with Crippen molar-refractivity contribution in [2.24, 2.45) is 0 Å². The molecular weight excluding hydrogens is 338 g/mol. The molecule has 0 aromatic carbocycles. The largest absolute Gasteiger partial charge is 4.00 e. The van der Waals surface area contributed by atoms with Crippen LogP contribution in [0.2, 0.25) is 0 Å². The van der Waals surface area contributed by atoms with Crippen molar-refractivity contribution in [3.8, 4) is 0 Å². The van der Waals surface area contributed by atoms with Gasteiger partial charge < -0.3 is 87.4 Å². The van der Waals surface area contributed by atoms with Gasteiger partial charge in [0.05, 0.1) is 0 Å². The molecule has 0 aliphatic rings. The van der Waals surface area contributed by atoms with Crippen molar-refractivity contribution < 1.29 is 136 Å². The van der Waals surface area contributed by atoms with Crippen LogP contribution in [0.1, 0.15) is 0 Å². The van der Waals surface area contributed by atoms with E-state index in [9.17, 15) is 0 Å². The Morgan fingerprint density at radius 2 is 0.333 bits per heavy atom. The minimum Gasteiger partial charge on any atom is -0.512 e. The average Bonchev–Trinajstić information content (AvgIpc) is 2.33. The van der Waals surface area contributed by atoms with Gasteiger partial charge in [0, 0.05) is 0 Å². The van der Waals surface area contributed by atoms with Crippen LogP contribution in [0.25, 0.3) is 0 Å². The van der Waals surface area contributed by atoms with Crippen molar-refractivity contribution in [1.82, 2.24) is 0 Å². The monoisotopic (exact) mass is 344 g/mol. The zero-order valence-corrected chi connectivity index (χ0v) is 16.9. The molecule has 0 fully saturated rings. The van der Waals surface area contributed by atoms with Crippen molar-refractivity contribution >= 4 is 0 Å². The van der Waals surface area contributed by atoms with Crippen LogP contribution in [0.5, 0.6) is 0 Å². The molecule has 0 aliphatic heterocycles. The molecule has 0 spiro atoms. The van der Waals surface area contributed by atoms with Gasteiger partial charge in [0.2, 0.25) is 0 Å². The maximum Gasteiger partial charge on any atom is 4.00 e. The fraction of sp³-hybridized carbons (Fsp3) is 0. The van der Waals surface area contributed by atoms with Gasteiger partial charge in [0.1, 0.15) is 0 Å². The molecule has 0 aliphatic carbocycles. The van der Waals surface area contributed by atoms with Crippen LogP contribution < -0.4 is 103 Å². The van der Waals surface area contributed by atoms with Gasteiger partial charge in [-0.05, 0) is 0 Å². The van der Waals surface area contributed by atoms with Gasteiger partial charge in [-0.25, -0.2) is 0 Å². The molecule has 0 saturated carbocycles. The van der Waals surface area contributed by atoms with Crippen molar-refractivity contribution in [3.63, 3.8) is 0 Å². The number of hydrogen-bond acceptors (Lipinski definition) is 6.